The molecule has 2 bridgehead atoms. The molecule has 2 saturated carbocycles. The van der Waals surface area contributed by atoms with Crippen molar-refractivity contribution in [2.24, 2.45) is 11.8 Å². The summed E-state index contributed by atoms with van der Waals surface area (Å²) in [5.41, 5.74) is 1.01. The molecule has 0 heterocycles. The smallest absolute Gasteiger partial charge is 0.173 e. The van der Waals surface area contributed by atoms with E-state index in [4.69, 9.17) is 17.0 Å². The van der Waals surface area contributed by atoms with Gasteiger partial charge in [-0.05, 0) is 55.4 Å². The van der Waals surface area contributed by atoms with Crippen LogP contribution < -0.4 is 15.0 Å². The van der Waals surface area contributed by atoms with Gasteiger partial charge in [-0.3, -0.25) is 0 Å². The zero-order valence-electron chi connectivity index (χ0n) is 12.1. The summed E-state index contributed by atoms with van der Waals surface area (Å²) in [7, 11) is 3.69. The summed E-state index contributed by atoms with van der Waals surface area (Å²) in [4.78, 5) is 2.01. The fourth-order valence-electron chi connectivity index (χ4n) is 3.69. The lowest BCUT2D eigenvalue weighted by Crippen LogP contribution is -2.45. The molecule has 1 aromatic rings. The third-order valence-corrected chi connectivity index (χ3v) is 5.19. The van der Waals surface area contributed by atoms with Gasteiger partial charge in [0.1, 0.15) is 5.75 Å². The maximum atomic E-state index is 5.58. The van der Waals surface area contributed by atoms with Gasteiger partial charge in [0.15, 0.2) is 5.11 Å². The van der Waals surface area contributed by atoms with Gasteiger partial charge in [0.05, 0.1) is 12.8 Å². The van der Waals surface area contributed by atoms with Gasteiger partial charge in [-0.1, -0.05) is 18.6 Å². The van der Waals surface area contributed by atoms with Crippen LogP contribution in [0.4, 0.5) is 5.69 Å². The molecule has 0 radical (unpaired) electrons. The first-order valence-electron chi connectivity index (χ1n) is 7.36. The number of benzene rings is 1. The predicted molar refractivity (Wildman–Crippen MR) is 86.4 cm³/mol. The normalized spacial score (nSPS) is 27.4. The van der Waals surface area contributed by atoms with Crippen molar-refractivity contribution in [3.63, 3.8) is 0 Å². The molecule has 0 aliphatic heterocycles. The second-order valence-electron chi connectivity index (χ2n) is 5.96. The van der Waals surface area contributed by atoms with E-state index in [0.717, 1.165) is 28.4 Å². The van der Waals surface area contributed by atoms with E-state index in [1.165, 1.54) is 25.7 Å². The minimum atomic E-state index is 0.568. The van der Waals surface area contributed by atoms with Gasteiger partial charge < -0.3 is 15.0 Å². The Morgan fingerprint density at radius 1 is 1.30 bits per heavy atom. The van der Waals surface area contributed by atoms with Gasteiger partial charge in [0.2, 0.25) is 0 Å². The fourth-order valence-corrected chi connectivity index (χ4v) is 3.94. The summed E-state index contributed by atoms with van der Waals surface area (Å²) in [5.74, 6) is 2.60. The van der Waals surface area contributed by atoms with E-state index in [1.54, 1.807) is 7.11 Å². The Balaban J connectivity index is 1.67. The first kappa shape index (κ1) is 13.7. The van der Waals surface area contributed by atoms with E-state index in [2.05, 4.69) is 5.32 Å². The van der Waals surface area contributed by atoms with Crippen molar-refractivity contribution in [2.75, 3.05) is 19.1 Å². The van der Waals surface area contributed by atoms with Crippen LogP contribution in [0.1, 0.15) is 25.7 Å². The molecular weight excluding hydrogens is 268 g/mol. The zero-order valence-corrected chi connectivity index (χ0v) is 13.0. The Hall–Kier alpha value is -1.29. The van der Waals surface area contributed by atoms with E-state index >= 15 is 0 Å². The Kier molecular flexibility index (Phi) is 3.83. The number of hydrogen-bond acceptors (Lipinski definition) is 2. The number of rotatable bonds is 3. The van der Waals surface area contributed by atoms with Gasteiger partial charge in [-0.15, -0.1) is 0 Å². The van der Waals surface area contributed by atoms with Gasteiger partial charge in [0.25, 0.3) is 0 Å². The van der Waals surface area contributed by atoms with Crippen LogP contribution in [-0.4, -0.2) is 25.3 Å². The highest BCUT2D eigenvalue weighted by Crippen LogP contribution is 2.44. The van der Waals surface area contributed by atoms with Gasteiger partial charge in [-0.2, -0.15) is 0 Å². The lowest BCUT2D eigenvalue weighted by Gasteiger charge is -2.29. The van der Waals surface area contributed by atoms with Crippen LogP contribution in [0, 0.1) is 11.8 Å². The number of hydrogen-bond donors (Lipinski definition) is 1. The van der Waals surface area contributed by atoms with Crippen molar-refractivity contribution < 1.29 is 4.74 Å². The molecule has 3 atom stereocenters. The van der Waals surface area contributed by atoms with Crippen molar-refractivity contribution in [3.05, 3.63) is 24.3 Å². The third-order valence-electron chi connectivity index (χ3n) is 4.80. The highest BCUT2D eigenvalue weighted by atomic mass is 32.1. The number of ether oxygens (including phenoxy) is 1. The molecule has 2 fully saturated rings. The Morgan fingerprint density at radius 2 is 2.10 bits per heavy atom. The summed E-state index contributed by atoms with van der Waals surface area (Å²) in [6.07, 6.45) is 5.45. The first-order valence-corrected chi connectivity index (χ1v) is 7.77. The van der Waals surface area contributed by atoms with Crippen LogP contribution in [0.2, 0.25) is 0 Å². The molecule has 2 aliphatic carbocycles. The van der Waals surface area contributed by atoms with E-state index in [-0.39, 0.29) is 0 Å². The molecular formula is C16H22N2OS. The van der Waals surface area contributed by atoms with Gasteiger partial charge in [-0.25, -0.2) is 0 Å². The minimum absolute atomic E-state index is 0.568. The average Bonchev–Trinajstić information content (AvgIpc) is 3.09. The summed E-state index contributed by atoms with van der Waals surface area (Å²) in [6, 6.07) is 8.55. The quantitative estimate of drug-likeness (QED) is 0.864. The molecule has 3 nitrogen and oxygen atoms in total. The zero-order chi connectivity index (χ0) is 14.1. The Morgan fingerprint density at radius 3 is 2.75 bits per heavy atom. The number of para-hydroxylation sites is 2. The molecule has 108 valence electrons. The highest BCUT2D eigenvalue weighted by Gasteiger charge is 2.39. The monoisotopic (exact) mass is 290 g/mol. The summed E-state index contributed by atoms with van der Waals surface area (Å²) < 4.78 is 5.41. The molecule has 0 saturated heterocycles. The average molecular weight is 290 g/mol. The van der Waals surface area contributed by atoms with Crippen molar-refractivity contribution in [2.45, 2.75) is 31.7 Å². The molecule has 4 heteroatoms. The van der Waals surface area contributed by atoms with Crippen LogP contribution >= 0.6 is 12.2 Å². The summed E-state index contributed by atoms with van der Waals surface area (Å²) in [6.45, 7) is 0. The molecule has 3 rings (SSSR count). The summed E-state index contributed by atoms with van der Waals surface area (Å²) in [5, 5.41) is 4.36. The minimum Gasteiger partial charge on any atom is -0.495 e. The molecule has 1 aromatic carbocycles. The number of nitrogens with zero attached hydrogens (tertiary/aromatic N) is 1. The molecule has 0 unspecified atom stereocenters. The lowest BCUT2D eigenvalue weighted by atomic mass is 9.95. The number of methoxy groups -OCH3 is 1. The van der Waals surface area contributed by atoms with Crippen LogP contribution in [0.3, 0.4) is 0 Å². The number of nitrogens with one attached hydrogen (secondary N) is 1. The van der Waals surface area contributed by atoms with Crippen LogP contribution in [-0.2, 0) is 0 Å². The number of anilines is 1. The molecule has 1 N–H and O–H groups in total. The fraction of sp³-hybridized carbons (Fsp3) is 0.562. The van der Waals surface area contributed by atoms with Crippen LogP contribution in [0.15, 0.2) is 24.3 Å². The van der Waals surface area contributed by atoms with Gasteiger partial charge >= 0.3 is 0 Å². The topological polar surface area (TPSA) is 24.5 Å². The van der Waals surface area contributed by atoms with Crippen LogP contribution in [0.25, 0.3) is 0 Å². The molecule has 0 aromatic heterocycles. The van der Waals surface area contributed by atoms with E-state index in [1.807, 2.05) is 36.2 Å². The second-order valence-corrected chi connectivity index (χ2v) is 6.35. The molecule has 2 aliphatic rings. The largest absolute Gasteiger partial charge is 0.495 e. The lowest BCUT2D eigenvalue weighted by molar-refractivity contribution is 0.390. The van der Waals surface area contributed by atoms with E-state index in [9.17, 15) is 0 Å². The molecule has 0 amide bonds. The SMILES string of the molecule is COc1ccccc1N(C)C(=S)N[C@H]1C[C@H]2CC[C@H]1C2. The predicted octanol–water partition coefficient (Wildman–Crippen LogP) is 3.19. The van der Waals surface area contributed by atoms with E-state index < -0.39 is 0 Å². The maximum absolute atomic E-state index is 5.58. The molecule has 20 heavy (non-hydrogen) atoms. The Bertz CT molecular complexity index is 505. The van der Waals surface area contributed by atoms with Crippen molar-refractivity contribution >= 4 is 23.0 Å². The van der Waals surface area contributed by atoms with Gasteiger partial charge in [0, 0.05) is 13.1 Å². The number of fused-ring (bicyclic) bond motifs is 2. The summed E-state index contributed by atoms with van der Waals surface area (Å²) >= 11 is 5.58. The van der Waals surface area contributed by atoms with Crippen molar-refractivity contribution in [1.29, 1.82) is 0 Å². The highest BCUT2D eigenvalue weighted by molar-refractivity contribution is 7.80. The Labute approximate surface area is 126 Å². The second kappa shape index (κ2) is 5.60. The van der Waals surface area contributed by atoms with E-state index in [0.29, 0.717) is 6.04 Å². The number of thiocarbonyl (C=S) groups is 1. The third kappa shape index (κ3) is 2.49. The maximum Gasteiger partial charge on any atom is 0.173 e. The van der Waals surface area contributed by atoms with Crippen molar-refractivity contribution in [3.8, 4) is 5.75 Å². The first-order chi connectivity index (χ1) is 9.69. The standard InChI is InChI=1S/C16H22N2OS/c1-18(14-5-3-4-6-15(14)19-2)16(20)17-13-10-11-7-8-12(13)9-11/h3-6,11-13H,7-10H2,1-2H3,(H,17,20)/t11-,12-,13-/m0/s1. The molecule has 0 spiro atoms. The van der Waals surface area contributed by atoms with Crippen molar-refractivity contribution in [1.82, 2.24) is 5.32 Å². The van der Waals surface area contributed by atoms with Crippen LogP contribution in [0.5, 0.6) is 5.75 Å².